The van der Waals surface area contributed by atoms with Gasteiger partial charge in [0.2, 0.25) is 0 Å². The number of aromatic nitrogens is 2. The molecule has 88 valence electrons. The molecular formula is C10H16N4O2. The number of hydrogen-bond acceptors (Lipinski definition) is 4. The van der Waals surface area contributed by atoms with Crippen LogP contribution in [0.1, 0.15) is 35.9 Å². The molecule has 1 fully saturated rings. The van der Waals surface area contributed by atoms with E-state index in [1.54, 1.807) is 0 Å². The molecule has 0 radical (unpaired) electrons. The molecule has 1 aliphatic rings. The van der Waals surface area contributed by atoms with Crippen LogP contribution in [-0.2, 0) is 11.3 Å². The molecule has 0 unspecified atom stereocenters. The second-order valence-corrected chi connectivity index (χ2v) is 3.77. The standard InChI is InChI=1S/C10H16N4O2/c1-2-7-8(11)9(13-12-7)10(15)14-5-3-4-6-16-14/h2-6,11H2,1H3,(H,12,13). The van der Waals surface area contributed by atoms with Crippen molar-refractivity contribution >= 4 is 11.6 Å². The minimum absolute atomic E-state index is 0.256. The van der Waals surface area contributed by atoms with E-state index in [1.807, 2.05) is 6.92 Å². The lowest BCUT2D eigenvalue weighted by Crippen LogP contribution is -2.36. The zero-order valence-corrected chi connectivity index (χ0v) is 9.32. The maximum absolute atomic E-state index is 12.0. The topological polar surface area (TPSA) is 84.2 Å². The van der Waals surface area contributed by atoms with Crippen LogP contribution in [0.2, 0.25) is 0 Å². The number of nitrogens with zero attached hydrogens (tertiary/aromatic N) is 2. The smallest absolute Gasteiger partial charge is 0.300 e. The Hall–Kier alpha value is -1.56. The van der Waals surface area contributed by atoms with Gasteiger partial charge in [-0.3, -0.25) is 14.7 Å². The van der Waals surface area contributed by atoms with Crippen LogP contribution in [0.15, 0.2) is 0 Å². The number of aromatic amines is 1. The molecule has 0 spiro atoms. The van der Waals surface area contributed by atoms with Gasteiger partial charge in [-0.1, -0.05) is 6.92 Å². The number of rotatable bonds is 2. The zero-order valence-electron chi connectivity index (χ0n) is 9.32. The van der Waals surface area contributed by atoms with Crippen molar-refractivity contribution < 1.29 is 9.63 Å². The van der Waals surface area contributed by atoms with E-state index in [0.29, 0.717) is 18.8 Å². The van der Waals surface area contributed by atoms with Crippen molar-refractivity contribution in [1.29, 1.82) is 0 Å². The molecular weight excluding hydrogens is 208 g/mol. The average molecular weight is 224 g/mol. The number of carbonyl (C=O) groups excluding carboxylic acids is 1. The van der Waals surface area contributed by atoms with Gasteiger partial charge in [-0.15, -0.1) is 0 Å². The molecule has 1 aromatic rings. The lowest BCUT2D eigenvalue weighted by Gasteiger charge is -2.25. The first-order chi connectivity index (χ1) is 7.74. The third-order valence-corrected chi connectivity index (χ3v) is 2.67. The van der Waals surface area contributed by atoms with E-state index in [4.69, 9.17) is 10.6 Å². The number of hydroxylamine groups is 2. The summed E-state index contributed by atoms with van der Waals surface area (Å²) in [6, 6.07) is 0. The Morgan fingerprint density at radius 1 is 1.62 bits per heavy atom. The maximum atomic E-state index is 12.0. The fourth-order valence-corrected chi connectivity index (χ4v) is 1.69. The first-order valence-corrected chi connectivity index (χ1v) is 5.51. The Morgan fingerprint density at radius 2 is 2.44 bits per heavy atom. The van der Waals surface area contributed by atoms with Crippen LogP contribution in [0.4, 0.5) is 5.69 Å². The van der Waals surface area contributed by atoms with E-state index >= 15 is 0 Å². The number of nitrogens with one attached hydrogen (secondary N) is 1. The van der Waals surface area contributed by atoms with Crippen molar-refractivity contribution in [1.82, 2.24) is 15.3 Å². The Bertz CT molecular complexity index is 382. The molecule has 0 atom stereocenters. The molecule has 0 bridgehead atoms. The summed E-state index contributed by atoms with van der Waals surface area (Å²) >= 11 is 0. The largest absolute Gasteiger partial charge is 0.395 e. The third-order valence-electron chi connectivity index (χ3n) is 2.67. The SMILES string of the molecule is CCc1[nH]nc(C(=O)N2CCCCO2)c1N. The number of anilines is 1. The van der Waals surface area contributed by atoms with Gasteiger partial charge in [0.05, 0.1) is 18.0 Å². The molecule has 1 aliphatic heterocycles. The second-order valence-electron chi connectivity index (χ2n) is 3.77. The first kappa shape index (κ1) is 10.9. The highest BCUT2D eigenvalue weighted by Gasteiger charge is 2.24. The summed E-state index contributed by atoms with van der Waals surface area (Å²) in [5.41, 5.74) is 7.31. The summed E-state index contributed by atoms with van der Waals surface area (Å²) in [5, 5.41) is 8.05. The third kappa shape index (κ3) is 1.88. The van der Waals surface area contributed by atoms with E-state index in [1.165, 1.54) is 5.06 Å². The van der Waals surface area contributed by atoms with Crippen molar-refractivity contribution in [2.24, 2.45) is 0 Å². The Kier molecular flexibility index (Phi) is 3.09. The molecule has 0 aromatic carbocycles. The van der Waals surface area contributed by atoms with E-state index in [2.05, 4.69) is 10.2 Å². The number of H-pyrrole nitrogens is 1. The normalized spacial score (nSPS) is 16.4. The predicted octanol–water partition coefficient (Wildman–Crippen LogP) is 0.722. The summed E-state index contributed by atoms with van der Waals surface area (Å²) in [4.78, 5) is 17.3. The van der Waals surface area contributed by atoms with Crippen molar-refractivity contribution in [2.45, 2.75) is 26.2 Å². The number of carbonyl (C=O) groups is 1. The molecule has 0 aliphatic carbocycles. The molecule has 2 heterocycles. The summed E-state index contributed by atoms with van der Waals surface area (Å²) < 4.78 is 0. The van der Waals surface area contributed by atoms with E-state index in [0.717, 1.165) is 25.0 Å². The summed E-state index contributed by atoms with van der Waals surface area (Å²) in [6.45, 7) is 3.14. The molecule has 3 N–H and O–H groups in total. The van der Waals surface area contributed by atoms with Gasteiger partial charge >= 0.3 is 0 Å². The lowest BCUT2D eigenvalue weighted by atomic mass is 10.2. The molecule has 2 rings (SSSR count). The highest BCUT2D eigenvalue weighted by Crippen LogP contribution is 2.18. The number of nitrogens with two attached hydrogens (primary N) is 1. The van der Waals surface area contributed by atoms with Crippen LogP contribution in [0, 0.1) is 0 Å². The van der Waals surface area contributed by atoms with Crippen LogP contribution in [0.3, 0.4) is 0 Å². The molecule has 1 saturated heterocycles. The van der Waals surface area contributed by atoms with Crippen LogP contribution in [0.5, 0.6) is 0 Å². The van der Waals surface area contributed by atoms with Gasteiger partial charge in [-0.25, -0.2) is 5.06 Å². The number of hydrogen-bond donors (Lipinski definition) is 2. The summed E-state index contributed by atoms with van der Waals surface area (Å²) in [7, 11) is 0. The highest BCUT2D eigenvalue weighted by molar-refractivity contribution is 5.97. The Morgan fingerprint density at radius 3 is 3.00 bits per heavy atom. The van der Waals surface area contributed by atoms with Gasteiger partial charge < -0.3 is 5.73 Å². The zero-order chi connectivity index (χ0) is 11.5. The van der Waals surface area contributed by atoms with Crippen molar-refractivity contribution in [3.05, 3.63) is 11.4 Å². The van der Waals surface area contributed by atoms with Crippen molar-refractivity contribution in [2.75, 3.05) is 18.9 Å². The molecule has 6 heteroatoms. The average Bonchev–Trinajstić information content (AvgIpc) is 2.70. The Labute approximate surface area is 93.7 Å². The highest BCUT2D eigenvalue weighted by atomic mass is 16.7. The van der Waals surface area contributed by atoms with Gasteiger partial charge in [0.15, 0.2) is 5.69 Å². The molecule has 6 nitrogen and oxygen atoms in total. The second kappa shape index (κ2) is 4.52. The van der Waals surface area contributed by atoms with Crippen LogP contribution in [0.25, 0.3) is 0 Å². The summed E-state index contributed by atoms with van der Waals surface area (Å²) in [6.07, 6.45) is 2.67. The fourth-order valence-electron chi connectivity index (χ4n) is 1.69. The minimum atomic E-state index is -0.256. The van der Waals surface area contributed by atoms with Gasteiger partial charge in [-0.2, -0.15) is 5.10 Å². The number of nitrogen functional groups attached to an aromatic ring is 1. The van der Waals surface area contributed by atoms with E-state index in [-0.39, 0.29) is 11.6 Å². The maximum Gasteiger partial charge on any atom is 0.300 e. The van der Waals surface area contributed by atoms with E-state index in [9.17, 15) is 4.79 Å². The first-order valence-electron chi connectivity index (χ1n) is 5.51. The van der Waals surface area contributed by atoms with Crippen molar-refractivity contribution in [3.8, 4) is 0 Å². The van der Waals surface area contributed by atoms with Crippen molar-refractivity contribution in [3.63, 3.8) is 0 Å². The van der Waals surface area contributed by atoms with E-state index < -0.39 is 0 Å². The Balaban J connectivity index is 2.16. The number of amides is 1. The van der Waals surface area contributed by atoms with Gasteiger partial charge in [0.25, 0.3) is 5.91 Å². The lowest BCUT2D eigenvalue weighted by molar-refractivity contribution is -0.144. The van der Waals surface area contributed by atoms with Gasteiger partial charge in [0.1, 0.15) is 0 Å². The molecule has 1 aromatic heterocycles. The quantitative estimate of drug-likeness (QED) is 0.775. The number of aryl methyl sites for hydroxylation is 1. The van der Waals surface area contributed by atoms with Gasteiger partial charge in [0, 0.05) is 6.54 Å². The van der Waals surface area contributed by atoms with Gasteiger partial charge in [-0.05, 0) is 19.3 Å². The minimum Gasteiger partial charge on any atom is -0.395 e. The summed E-state index contributed by atoms with van der Waals surface area (Å²) in [5.74, 6) is -0.256. The van der Waals surface area contributed by atoms with Crippen LogP contribution >= 0.6 is 0 Å². The van der Waals surface area contributed by atoms with Crippen LogP contribution in [-0.4, -0.2) is 34.3 Å². The fraction of sp³-hybridized carbons (Fsp3) is 0.600. The van der Waals surface area contributed by atoms with Crippen LogP contribution < -0.4 is 5.73 Å². The molecule has 16 heavy (non-hydrogen) atoms. The monoisotopic (exact) mass is 224 g/mol. The predicted molar refractivity (Wildman–Crippen MR) is 58.6 cm³/mol. The molecule has 1 amide bonds. The molecule has 0 saturated carbocycles.